The second kappa shape index (κ2) is 19.1. The number of aromatic carboxylic acids is 2. The quantitative estimate of drug-likeness (QED) is 0.363. The molecule has 0 saturated heterocycles. The minimum absolute atomic E-state index is 0. The van der Waals surface area contributed by atoms with E-state index in [0.29, 0.717) is 11.5 Å². The molecule has 0 aliphatic heterocycles. The first kappa shape index (κ1) is 36.8. The first-order chi connectivity index (χ1) is 11.3. The van der Waals surface area contributed by atoms with E-state index in [2.05, 4.69) is 24.3 Å². The SMILES string of the molecule is Cc1c[c-]c(C(=O)O)[c-]c1OP.Cc1c[c-]c(C(=O)O)[c-]c1OP.[W].[W].[Y].[Y]. The second-order valence-corrected chi connectivity index (χ2v) is 4.92. The van der Waals surface area contributed by atoms with Crippen LogP contribution in [0.1, 0.15) is 31.8 Å². The first-order valence-corrected chi connectivity index (χ1v) is 7.33. The molecule has 12 heteroatoms. The zero-order chi connectivity index (χ0) is 18.3. The van der Waals surface area contributed by atoms with Crippen molar-refractivity contribution < 1.29 is 136 Å². The number of hydrogen-bond donors (Lipinski definition) is 2. The summed E-state index contributed by atoms with van der Waals surface area (Å²) >= 11 is 0. The van der Waals surface area contributed by atoms with Crippen LogP contribution in [0.5, 0.6) is 11.5 Å². The summed E-state index contributed by atoms with van der Waals surface area (Å²) in [6.07, 6.45) is 0. The van der Waals surface area contributed by atoms with Crippen molar-refractivity contribution in [3.63, 3.8) is 0 Å². The van der Waals surface area contributed by atoms with E-state index >= 15 is 0 Å². The molecule has 28 heavy (non-hydrogen) atoms. The predicted octanol–water partition coefficient (Wildman–Crippen LogP) is 2.92. The molecule has 0 aliphatic carbocycles. The Hall–Kier alpha value is 1.42. The fourth-order valence-corrected chi connectivity index (χ4v) is 1.95. The fourth-order valence-electron chi connectivity index (χ4n) is 1.46. The van der Waals surface area contributed by atoms with Crippen molar-refractivity contribution in [2.24, 2.45) is 0 Å². The van der Waals surface area contributed by atoms with Crippen LogP contribution in [-0.2, 0) is 108 Å². The number of benzene rings is 2. The third-order valence-corrected chi connectivity index (χ3v) is 3.19. The number of hydrogen-bond acceptors (Lipinski definition) is 4. The number of aryl methyl sites for hydroxylation is 2. The predicted molar refractivity (Wildman–Crippen MR) is 92.3 cm³/mol. The zero-order valence-corrected chi connectivity index (χ0v) is 28.7. The largest absolute Gasteiger partial charge is 0.563 e. The van der Waals surface area contributed by atoms with Crippen molar-refractivity contribution in [2.45, 2.75) is 13.8 Å². The third-order valence-electron chi connectivity index (χ3n) is 2.72. The molecule has 0 fully saturated rings. The molecule has 2 atom stereocenters. The van der Waals surface area contributed by atoms with E-state index in [9.17, 15) is 9.59 Å². The van der Waals surface area contributed by atoms with Gasteiger partial charge >= 0.3 is 0 Å². The van der Waals surface area contributed by atoms with Gasteiger partial charge in [-0.2, -0.15) is 11.1 Å². The molecule has 2 aromatic rings. The van der Waals surface area contributed by atoms with Crippen molar-refractivity contribution in [3.05, 3.63) is 58.7 Å². The molecule has 6 nitrogen and oxygen atoms in total. The van der Waals surface area contributed by atoms with Crippen LogP contribution in [0.2, 0.25) is 0 Å². The Labute approximate surface area is 247 Å². The topological polar surface area (TPSA) is 93.1 Å². The average Bonchev–Trinajstić information content (AvgIpc) is 2.55. The maximum Gasteiger partial charge on any atom is 0.154 e. The Balaban J connectivity index is -0.000000180. The monoisotopic (exact) mass is 910 g/mol. The molecule has 146 valence electrons. The van der Waals surface area contributed by atoms with Crippen LogP contribution in [0.15, 0.2) is 12.1 Å². The summed E-state index contributed by atoms with van der Waals surface area (Å²) in [5.41, 5.74) is 1.57. The van der Waals surface area contributed by atoms with Gasteiger partial charge in [-0.1, -0.05) is 0 Å². The molecular formula is C16H14O6P2W2Y2-4. The van der Waals surface area contributed by atoms with Gasteiger partial charge in [-0.15, -0.1) is 13.8 Å². The van der Waals surface area contributed by atoms with E-state index < -0.39 is 11.9 Å². The summed E-state index contributed by atoms with van der Waals surface area (Å²) in [6, 6.07) is 13.4. The molecule has 2 N–H and O–H groups in total. The Bertz CT molecular complexity index is 702. The Morgan fingerprint density at radius 1 is 0.821 bits per heavy atom. The minimum atomic E-state index is -1.06. The number of carboxylic acids is 2. The van der Waals surface area contributed by atoms with Gasteiger partial charge in [-0.3, -0.25) is 12.1 Å². The van der Waals surface area contributed by atoms with Gasteiger partial charge in [-0.05, 0) is 11.5 Å². The maximum absolute atomic E-state index is 10.5. The van der Waals surface area contributed by atoms with Crippen molar-refractivity contribution in [1.82, 2.24) is 0 Å². The number of carboxylic acid groups (broad SMARTS) is 2. The smallest absolute Gasteiger partial charge is 0.154 e. The molecule has 0 aromatic heterocycles. The zero-order valence-electron chi connectivity index (χ0n) is 14.8. The van der Waals surface area contributed by atoms with Crippen LogP contribution in [0.4, 0.5) is 0 Å². The Kier molecular flexibility index (Phi) is 25.1. The summed E-state index contributed by atoms with van der Waals surface area (Å²) in [5.74, 6) is -1.29. The van der Waals surface area contributed by atoms with Gasteiger partial charge in [-0.25, -0.2) is 35.4 Å². The van der Waals surface area contributed by atoms with Gasteiger partial charge in [0.1, 0.15) is 0 Å². The molecule has 2 unspecified atom stereocenters. The molecule has 2 rings (SSSR count). The third kappa shape index (κ3) is 12.3. The van der Waals surface area contributed by atoms with Crippen LogP contribution < -0.4 is 9.05 Å². The van der Waals surface area contributed by atoms with Gasteiger partial charge in [0.25, 0.3) is 0 Å². The van der Waals surface area contributed by atoms with Crippen LogP contribution in [0.3, 0.4) is 0 Å². The molecule has 0 aliphatic rings. The van der Waals surface area contributed by atoms with Gasteiger partial charge in [0.15, 0.2) is 11.9 Å². The van der Waals surface area contributed by atoms with Gasteiger partial charge in [0.05, 0.1) is 18.9 Å². The summed E-state index contributed by atoms with van der Waals surface area (Å²) < 4.78 is 9.63. The summed E-state index contributed by atoms with van der Waals surface area (Å²) in [7, 11) is 4.09. The van der Waals surface area contributed by atoms with E-state index in [-0.39, 0.29) is 119 Å². The van der Waals surface area contributed by atoms with Crippen molar-refractivity contribution in [3.8, 4) is 11.5 Å². The standard InChI is InChI=1S/2C8H7O3P.2W.2Y/c2*1-5-2-3-6(8(9)10)4-7(5)11-12;;;;/h2*2H,12H2,1H3,(H,9,10);;;;/q2*-2;;;;. The summed E-state index contributed by atoms with van der Waals surface area (Å²) in [6.45, 7) is 3.58. The second-order valence-electron chi connectivity index (χ2n) is 4.45. The van der Waals surface area contributed by atoms with Crippen LogP contribution >= 0.6 is 18.9 Å². The molecule has 2 radical (unpaired) electrons. The maximum atomic E-state index is 10.5. The normalized spacial score (nSPS) is 8.14. The van der Waals surface area contributed by atoms with E-state index in [1.165, 1.54) is 0 Å². The first-order valence-electron chi connectivity index (χ1n) is 6.39. The van der Waals surface area contributed by atoms with Crippen LogP contribution in [-0.4, -0.2) is 22.2 Å². The molecule has 0 amide bonds. The minimum Gasteiger partial charge on any atom is -0.563 e. The number of rotatable bonds is 4. The fraction of sp³-hybridized carbons (Fsp3) is 0.125. The Morgan fingerprint density at radius 2 is 1.11 bits per heavy atom. The van der Waals surface area contributed by atoms with Crippen molar-refractivity contribution in [2.75, 3.05) is 0 Å². The molecule has 0 bridgehead atoms. The Morgan fingerprint density at radius 3 is 1.32 bits per heavy atom. The van der Waals surface area contributed by atoms with Crippen LogP contribution in [0, 0.1) is 38.1 Å². The average molecular weight is 910 g/mol. The van der Waals surface area contributed by atoms with Crippen molar-refractivity contribution in [1.29, 1.82) is 0 Å². The number of carbonyl (C=O) groups is 2. The molecule has 2 aromatic carbocycles. The van der Waals surface area contributed by atoms with E-state index in [1.54, 1.807) is 26.0 Å². The van der Waals surface area contributed by atoms with Gasteiger partial charge in [0.2, 0.25) is 0 Å². The molecule has 0 heterocycles. The summed E-state index contributed by atoms with van der Waals surface area (Å²) in [4.78, 5) is 20.9. The van der Waals surface area contributed by atoms with Gasteiger partial charge in [0, 0.05) is 108 Å². The van der Waals surface area contributed by atoms with E-state index in [4.69, 9.17) is 19.3 Å². The molecule has 0 spiro atoms. The molecular weight excluding hydrogens is 896 g/mol. The van der Waals surface area contributed by atoms with E-state index in [0.717, 1.165) is 11.1 Å². The molecule has 0 saturated carbocycles. The van der Waals surface area contributed by atoms with Crippen molar-refractivity contribution >= 4 is 30.9 Å². The summed E-state index contributed by atoms with van der Waals surface area (Å²) in [5, 5.41) is 17.1. The van der Waals surface area contributed by atoms with E-state index in [1.807, 2.05) is 18.9 Å². The van der Waals surface area contributed by atoms with Crippen LogP contribution in [0.25, 0.3) is 0 Å². The van der Waals surface area contributed by atoms with Gasteiger partial charge < -0.3 is 28.8 Å².